The average molecular weight is 517 g/mol. The molecule has 3 unspecified atom stereocenters. The number of piperidine rings is 1. The van der Waals surface area contributed by atoms with Crippen LogP contribution < -0.4 is 11.1 Å². The van der Waals surface area contributed by atoms with Crippen LogP contribution in [0.15, 0.2) is 13.6 Å². The summed E-state index contributed by atoms with van der Waals surface area (Å²) in [5.41, 5.74) is -0.719. The molecule has 0 saturated carbocycles. The van der Waals surface area contributed by atoms with Gasteiger partial charge in [-0.3, -0.25) is 9.69 Å². The van der Waals surface area contributed by atoms with Crippen LogP contribution in [0.3, 0.4) is 0 Å². The lowest BCUT2D eigenvalue weighted by Crippen LogP contribution is -2.65. The molecule has 0 aliphatic carbocycles. The van der Waals surface area contributed by atoms with Crippen molar-refractivity contribution in [2.45, 2.75) is 102 Å². The molecule has 35 heavy (non-hydrogen) atoms. The molecule has 8 atom stereocenters. The van der Waals surface area contributed by atoms with E-state index in [-0.39, 0.29) is 18.4 Å². The Morgan fingerprint density at radius 1 is 1.20 bits per heavy atom. The van der Waals surface area contributed by atoms with Gasteiger partial charge in [0.1, 0.15) is 35.6 Å². The number of carbonyl (C=O) groups is 1. The average Bonchev–Trinajstić information content (AvgIpc) is 3.13. The molecule has 3 rings (SSSR count). The van der Waals surface area contributed by atoms with Gasteiger partial charge in [-0.05, 0) is 44.4 Å². The summed E-state index contributed by atoms with van der Waals surface area (Å²) in [7, 11) is 0. The van der Waals surface area contributed by atoms with Crippen molar-refractivity contribution in [3.63, 3.8) is 0 Å². The zero-order valence-corrected chi connectivity index (χ0v) is 22.0. The maximum atomic E-state index is 13.7. The van der Waals surface area contributed by atoms with Crippen molar-refractivity contribution in [2.75, 3.05) is 12.8 Å². The third-order valence-corrected chi connectivity index (χ3v) is 8.08. The number of likely N-dealkylation sites (tertiary alicyclic amines) is 1. The fourth-order valence-corrected chi connectivity index (χ4v) is 5.86. The SMILES string of the molecule is CCCC1CCN(Cc2oc(=O)oc2C)C(C(=O)NC(C(C)C)[C@@H]2O[C@@H](SC)[C@@H](O)[C@H](O)[C@@H]2O)C1. The highest BCUT2D eigenvalue weighted by Gasteiger charge is 2.48. The van der Waals surface area contributed by atoms with Gasteiger partial charge in [-0.15, -0.1) is 11.8 Å². The van der Waals surface area contributed by atoms with Gasteiger partial charge in [-0.1, -0.05) is 33.6 Å². The molecule has 0 aromatic carbocycles. The van der Waals surface area contributed by atoms with Crippen molar-refractivity contribution in [2.24, 2.45) is 11.8 Å². The number of ether oxygens (including phenoxy) is 1. The number of carbonyl (C=O) groups excluding carboxylic acids is 1. The molecule has 2 saturated heterocycles. The predicted molar refractivity (Wildman–Crippen MR) is 131 cm³/mol. The molecule has 0 spiro atoms. The summed E-state index contributed by atoms with van der Waals surface area (Å²) in [6, 6.07) is -1.05. The topological polar surface area (TPSA) is 146 Å². The smallest absolute Gasteiger partial charge is 0.396 e. The molecule has 11 heteroatoms. The Morgan fingerprint density at radius 2 is 1.91 bits per heavy atom. The summed E-state index contributed by atoms with van der Waals surface area (Å²) in [4.78, 5) is 27.2. The third kappa shape index (κ3) is 6.50. The van der Waals surface area contributed by atoms with Crippen LogP contribution in [-0.4, -0.2) is 80.9 Å². The summed E-state index contributed by atoms with van der Waals surface area (Å²) in [6.07, 6.45) is 0.573. The van der Waals surface area contributed by atoms with Crippen molar-refractivity contribution in [1.29, 1.82) is 0 Å². The standard InChI is InChI=1S/C24H40N2O8S/c1-6-7-14-8-9-26(11-16-13(4)32-24(31)33-16)15(10-14)22(30)25-17(12(2)3)21-19(28)18(27)20(29)23(34-21)35-5/h12,14-15,17-21,23,27-29H,6-11H2,1-5H3,(H,25,30)/t14?,15?,17?,18-,19+,20+,21+,23+/m1/s1. The lowest BCUT2D eigenvalue weighted by atomic mass is 9.85. The van der Waals surface area contributed by atoms with Crippen LogP contribution in [0.25, 0.3) is 0 Å². The quantitative estimate of drug-likeness (QED) is 0.378. The maximum Gasteiger partial charge on any atom is 0.519 e. The molecular formula is C24H40N2O8S. The van der Waals surface area contributed by atoms with E-state index < -0.39 is 47.8 Å². The number of aliphatic hydroxyl groups excluding tert-OH is 3. The fraction of sp³-hybridized carbons (Fsp3) is 0.833. The molecular weight excluding hydrogens is 476 g/mol. The molecule has 0 radical (unpaired) electrons. The highest BCUT2D eigenvalue weighted by molar-refractivity contribution is 7.99. The molecule has 2 aliphatic rings. The van der Waals surface area contributed by atoms with Crippen molar-refractivity contribution in [3.8, 4) is 0 Å². The fourth-order valence-electron chi connectivity index (χ4n) is 5.18. The molecule has 200 valence electrons. The van der Waals surface area contributed by atoms with Crippen LogP contribution in [-0.2, 0) is 16.1 Å². The molecule has 1 aromatic rings. The Kier molecular flexibility index (Phi) is 9.87. The molecule has 2 aliphatic heterocycles. The van der Waals surface area contributed by atoms with Crippen LogP contribution in [0, 0.1) is 18.8 Å². The van der Waals surface area contributed by atoms with E-state index in [9.17, 15) is 24.9 Å². The first-order chi connectivity index (χ1) is 16.6. The van der Waals surface area contributed by atoms with E-state index in [1.54, 1.807) is 13.2 Å². The van der Waals surface area contributed by atoms with Crippen molar-refractivity contribution >= 4 is 17.7 Å². The third-order valence-electron chi connectivity index (χ3n) is 7.22. The zero-order chi connectivity index (χ0) is 25.9. The van der Waals surface area contributed by atoms with Gasteiger partial charge in [0, 0.05) is 0 Å². The van der Waals surface area contributed by atoms with Gasteiger partial charge < -0.3 is 34.2 Å². The Morgan fingerprint density at radius 3 is 2.49 bits per heavy atom. The van der Waals surface area contributed by atoms with Crippen LogP contribution in [0.1, 0.15) is 58.0 Å². The van der Waals surface area contributed by atoms with E-state index in [2.05, 4.69) is 12.2 Å². The van der Waals surface area contributed by atoms with E-state index in [0.29, 0.717) is 30.4 Å². The molecule has 3 heterocycles. The summed E-state index contributed by atoms with van der Waals surface area (Å²) in [5.74, 6) is 0.141. The van der Waals surface area contributed by atoms with Gasteiger partial charge in [0.25, 0.3) is 0 Å². The number of amides is 1. The van der Waals surface area contributed by atoms with E-state index in [4.69, 9.17) is 13.6 Å². The largest absolute Gasteiger partial charge is 0.519 e. The monoisotopic (exact) mass is 516 g/mol. The van der Waals surface area contributed by atoms with E-state index in [0.717, 1.165) is 19.3 Å². The van der Waals surface area contributed by atoms with Crippen molar-refractivity contribution < 1.29 is 33.7 Å². The molecule has 10 nitrogen and oxygen atoms in total. The molecule has 1 amide bonds. The second kappa shape index (κ2) is 12.2. The van der Waals surface area contributed by atoms with Gasteiger partial charge in [-0.25, -0.2) is 4.79 Å². The van der Waals surface area contributed by atoms with Crippen molar-refractivity contribution in [3.05, 3.63) is 22.1 Å². The van der Waals surface area contributed by atoms with Crippen LogP contribution in [0.4, 0.5) is 0 Å². The number of hydrogen-bond donors (Lipinski definition) is 4. The lowest BCUT2D eigenvalue weighted by Gasteiger charge is -2.45. The predicted octanol–water partition coefficient (Wildman–Crippen LogP) is 1.23. The number of rotatable bonds is 9. The summed E-state index contributed by atoms with van der Waals surface area (Å²) in [6.45, 7) is 8.57. The minimum atomic E-state index is -1.38. The maximum absolute atomic E-state index is 13.7. The Bertz CT molecular complexity index is 887. The van der Waals surface area contributed by atoms with Gasteiger partial charge >= 0.3 is 5.82 Å². The van der Waals surface area contributed by atoms with Crippen LogP contribution >= 0.6 is 11.8 Å². The van der Waals surface area contributed by atoms with E-state index in [1.807, 2.05) is 18.7 Å². The first-order valence-electron chi connectivity index (χ1n) is 12.4. The van der Waals surface area contributed by atoms with Crippen molar-refractivity contribution in [1.82, 2.24) is 10.2 Å². The normalized spacial score (nSPS) is 33.1. The molecule has 1 aromatic heterocycles. The number of hydrogen-bond acceptors (Lipinski definition) is 10. The molecule has 0 bridgehead atoms. The highest BCUT2D eigenvalue weighted by Crippen LogP contribution is 2.32. The summed E-state index contributed by atoms with van der Waals surface area (Å²) in [5, 5.41) is 34.4. The highest BCUT2D eigenvalue weighted by atomic mass is 32.2. The van der Waals surface area contributed by atoms with Crippen LogP contribution in [0.5, 0.6) is 0 Å². The molecule has 4 N–H and O–H groups in total. The second-order valence-corrected chi connectivity index (χ2v) is 11.0. The van der Waals surface area contributed by atoms with Gasteiger partial charge in [-0.2, -0.15) is 0 Å². The second-order valence-electron chi connectivity index (χ2n) is 10.1. The van der Waals surface area contributed by atoms with E-state index >= 15 is 0 Å². The minimum Gasteiger partial charge on any atom is -0.396 e. The first kappa shape index (κ1) is 28.2. The minimum absolute atomic E-state index is 0.110. The number of thioether (sulfide) groups is 1. The van der Waals surface area contributed by atoms with Gasteiger partial charge in [0.15, 0.2) is 5.76 Å². The summed E-state index contributed by atoms with van der Waals surface area (Å²) >= 11 is 1.24. The van der Waals surface area contributed by atoms with Crippen LogP contribution in [0.2, 0.25) is 0 Å². The lowest BCUT2D eigenvalue weighted by molar-refractivity contribution is -0.208. The number of aryl methyl sites for hydroxylation is 1. The van der Waals surface area contributed by atoms with E-state index in [1.165, 1.54) is 11.8 Å². The Balaban J connectivity index is 1.81. The number of nitrogens with one attached hydrogen (secondary N) is 1. The van der Waals surface area contributed by atoms with Gasteiger partial charge in [0.05, 0.1) is 18.6 Å². The number of aliphatic hydroxyl groups is 3. The van der Waals surface area contributed by atoms with Gasteiger partial charge in [0.2, 0.25) is 5.91 Å². The Labute approximate surface area is 210 Å². The molecule has 2 fully saturated rings. The zero-order valence-electron chi connectivity index (χ0n) is 21.2. The number of nitrogens with zero attached hydrogens (tertiary/aromatic N) is 1. The summed E-state index contributed by atoms with van der Waals surface area (Å²) < 4.78 is 16.1. The Hall–Kier alpha value is -1.37. The first-order valence-corrected chi connectivity index (χ1v) is 13.7.